The molecule has 1 saturated carbocycles. The molecule has 2 rings (SSSR count). The number of Topliss-reactive ketones (excluding diaryl/α,β-unsaturated/α-hetero) is 1. The number of hydrogen-bond donors (Lipinski definition) is 1. The van der Waals surface area contributed by atoms with Gasteiger partial charge in [-0.05, 0) is 24.5 Å². The molecule has 0 radical (unpaired) electrons. The molecule has 0 heterocycles. The summed E-state index contributed by atoms with van der Waals surface area (Å²) in [6.07, 6.45) is -2.58. The molecule has 98 valence electrons. The zero-order valence-corrected chi connectivity index (χ0v) is 9.76. The number of hydrogen-bond acceptors (Lipinski definition) is 2. The zero-order valence-electron chi connectivity index (χ0n) is 9.76. The minimum absolute atomic E-state index is 0.0952. The van der Waals surface area contributed by atoms with Crippen molar-refractivity contribution in [3.05, 3.63) is 35.4 Å². The van der Waals surface area contributed by atoms with Crippen molar-refractivity contribution in [1.82, 2.24) is 0 Å². The molecule has 0 amide bonds. The van der Waals surface area contributed by atoms with Gasteiger partial charge in [-0.15, -0.1) is 0 Å². The Morgan fingerprint density at radius 3 is 2.44 bits per heavy atom. The maximum absolute atomic E-state index is 12.9. The Kier molecular flexibility index (Phi) is 3.19. The molecule has 0 saturated heterocycles. The van der Waals surface area contributed by atoms with E-state index in [0.717, 1.165) is 6.07 Å². The van der Waals surface area contributed by atoms with E-state index >= 15 is 0 Å². The fourth-order valence-corrected chi connectivity index (χ4v) is 2.46. The van der Waals surface area contributed by atoms with Crippen molar-refractivity contribution in [2.45, 2.75) is 37.4 Å². The number of halogens is 3. The van der Waals surface area contributed by atoms with Crippen LogP contribution >= 0.6 is 0 Å². The smallest absolute Gasteiger partial charge is 0.315 e. The van der Waals surface area contributed by atoms with Gasteiger partial charge in [-0.3, -0.25) is 4.79 Å². The van der Waals surface area contributed by atoms with Gasteiger partial charge in [-0.25, -0.2) is 0 Å². The van der Waals surface area contributed by atoms with Crippen molar-refractivity contribution >= 4 is 5.78 Å². The van der Waals surface area contributed by atoms with E-state index in [1.165, 1.54) is 18.2 Å². The summed E-state index contributed by atoms with van der Waals surface area (Å²) in [7, 11) is 0. The lowest BCUT2D eigenvalue weighted by atomic mass is 9.74. The van der Waals surface area contributed by atoms with Gasteiger partial charge >= 0.3 is 6.18 Å². The highest BCUT2D eigenvalue weighted by Crippen LogP contribution is 2.40. The van der Waals surface area contributed by atoms with E-state index in [2.05, 4.69) is 0 Å². The van der Waals surface area contributed by atoms with E-state index in [4.69, 9.17) is 5.73 Å². The standard InChI is InChI=1S/C13H14F3NO/c14-13(15,16)10-6-2-1-5-9(10)12(17)8-4-3-7-11(12)18/h1-2,5-6H,3-4,7-8,17H2/t12-/m1/s1. The van der Waals surface area contributed by atoms with Gasteiger partial charge in [0.25, 0.3) is 0 Å². The summed E-state index contributed by atoms with van der Waals surface area (Å²) in [4.78, 5) is 11.9. The summed E-state index contributed by atoms with van der Waals surface area (Å²) in [6, 6.07) is 5.09. The van der Waals surface area contributed by atoms with Crippen LogP contribution in [0.2, 0.25) is 0 Å². The van der Waals surface area contributed by atoms with Gasteiger partial charge < -0.3 is 5.73 Å². The van der Waals surface area contributed by atoms with Gasteiger partial charge in [-0.1, -0.05) is 24.6 Å². The first-order valence-corrected chi connectivity index (χ1v) is 5.84. The lowest BCUT2D eigenvalue weighted by Gasteiger charge is -2.34. The molecule has 1 atom stereocenters. The molecule has 2 N–H and O–H groups in total. The Labute approximate surface area is 103 Å². The van der Waals surface area contributed by atoms with E-state index < -0.39 is 17.3 Å². The number of benzene rings is 1. The molecule has 18 heavy (non-hydrogen) atoms. The third-order valence-electron chi connectivity index (χ3n) is 3.44. The normalized spacial score (nSPS) is 25.2. The first-order chi connectivity index (χ1) is 8.36. The first kappa shape index (κ1) is 13.1. The van der Waals surface area contributed by atoms with Crippen LogP contribution < -0.4 is 5.73 Å². The molecule has 2 nitrogen and oxygen atoms in total. The van der Waals surface area contributed by atoms with Crippen LogP contribution in [0.5, 0.6) is 0 Å². The summed E-state index contributed by atoms with van der Waals surface area (Å²) >= 11 is 0. The number of carbonyl (C=O) groups is 1. The summed E-state index contributed by atoms with van der Waals surface area (Å²) in [5, 5.41) is 0. The maximum Gasteiger partial charge on any atom is 0.416 e. The lowest BCUT2D eigenvalue weighted by molar-refractivity contribution is -0.139. The predicted molar refractivity (Wildman–Crippen MR) is 60.8 cm³/mol. The minimum atomic E-state index is -4.49. The molecule has 0 bridgehead atoms. The monoisotopic (exact) mass is 257 g/mol. The van der Waals surface area contributed by atoms with Crippen molar-refractivity contribution in [3.8, 4) is 0 Å². The highest BCUT2D eigenvalue weighted by molar-refractivity contribution is 5.90. The fourth-order valence-electron chi connectivity index (χ4n) is 2.46. The van der Waals surface area contributed by atoms with E-state index in [-0.39, 0.29) is 24.2 Å². The van der Waals surface area contributed by atoms with E-state index in [0.29, 0.717) is 12.8 Å². The maximum atomic E-state index is 12.9. The average molecular weight is 257 g/mol. The summed E-state index contributed by atoms with van der Waals surface area (Å²) < 4.78 is 38.8. The number of ketones is 1. The van der Waals surface area contributed by atoms with Crippen LogP contribution in [-0.2, 0) is 16.5 Å². The van der Waals surface area contributed by atoms with Crippen LogP contribution in [0.15, 0.2) is 24.3 Å². The van der Waals surface area contributed by atoms with Gasteiger partial charge in [0.15, 0.2) is 5.78 Å². The molecule has 0 aliphatic heterocycles. The topological polar surface area (TPSA) is 43.1 Å². The van der Waals surface area contributed by atoms with E-state index in [9.17, 15) is 18.0 Å². The quantitative estimate of drug-likeness (QED) is 0.840. The van der Waals surface area contributed by atoms with Gasteiger partial charge in [0.05, 0.1) is 5.56 Å². The predicted octanol–water partition coefficient (Wildman–Crippen LogP) is 3.00. The Bertz CT molecular complexity index is 470. The Morgan fingerprint density at radius 1 is 1.17 bits per heavy atom. The summed E-state index contributed by atoms with van der Waals surface area (Å²) in [6.45, 7) is 0. The van der Waals surface area contributed by atoms with Crippen molar-refractivity contribution < 1.29 is 18.0 Å². The Hall–Kier alpha value is -1.36. The van der Waals surface area contributed by atoms with Crippen molar-refractivity contribution in [2.75, 3.05) is 0 Å². The van der Waals surface area contributed by atoms with E-state index in [1.807, 2.05) is 0 Å². The molecular weight excluding hydrogens is 243 g/mol. The summed E-state index contributed by atoms with van der Waals surface area (Å²) in [5.74, 6) is -0.301. The highest BCUT2D eigenvalue weighted by atomic mass is 19.4. The largest absolute Gasteiger partial charge is 0.416 e. The number of alkyl halides is 3. The molecule has 1 aliphatic rings. The first-order valence-electron chi connectivity index (χ1n) is 5.84. The number of carbonyl (C=O) groups excluding carboxylic acids is 1. The van der Waals surface area contributed by atoms with Crippen LogP contribution in [0.4, 0.5) is 13.2 Å². The van der Waals surface area contributed by atoms with Crippen molar-refractivity contribution in [1.29, 1.82) is 0 Å². The molecule has 1 fully saturated rings. The van der Waals surface area contributed by atoms with Crippen LogP contribution in [-0.4, -0.2) is 5.78 Å². The second-order valence-electron chi connectivity index (χ2n) is 4.64. The second-order valence-corrected chi connectivity index (χ2v) is 4.64. The molecule has 5 heteroatoms. The Balaban J connectivity index is 2.53. The second kappa shape index (κ2) is 4.39. The molecule has 1 aromatic rings. The third kappa shape index (κ3) is 2.14. The Morgan fingerprint density at radius 2 is 1.83 bits per heavy atom. The third-order valence-corrected chi connectivity index (χ3v) is 3.44. The van der Waals surface area contributed by atoms with Crippen LogP contribution in [0, 0.1) is 0 Å². The van der Waals surface area contributed by atoms with Crippen molar-refractivity contribution in [3.63, 3.8) is 0 Å². The van der Waals surface area contributed by atoms with Crippen LogP contribution in [0.25, 0.3) is 0 Å². The van der Waals surface area contributed by atoms with Crippen LogP contribution in [0.3, 0.4) is 0 Å². The molecule has 0 unspecified atom stereocenters. The summed E-state index contributed by atoms with van der Waals surface area (Å²) in [5.41, 5.74) is 3.59. The molecule has 1 aliphatic carbocycles. The number of rotatable bonds is 1. The average Bonchev–Trinajstić information content (AvgIpc) is 2.32. The SMILES string of the molecule is N[C@@]1(c2ccccc2C(F)(F)F)CCCCC1=O. The number of nitrogens with two attached hydrogens (primary N) is 1. The van der Waals surface area contributed by atoms with Gasteiger partial charge in [0.1, 0.15) is 5.54 Å². The molecular formula is C13H14F3NO. The van der Waals surface area contributed by atoms with Crippen LogP contribution in [0.1, 0.15) is 36.8 Å². The van der Waals surface area contributed by atoms with Gasteiger partial charge in [-0.2, -0.15) is 13.2 Å². The van der Waals surface area contributed by atoms with Gasteiger partial charge in [0, 0.05) is 6.42 Å². The zero-order chi connectivity index (χ0) is 13.4. The van der Waals surface area contributed by atoms with Crippen molar-refractivity contribution in [2.24, 2.45) is 5.73 Å². The van der Waals surface area contributed by atoms with Gasteiger partial charge in [0.2, 0.25) is 0 Å². The van der Waals surface area contributed by atoms with E-state index in [1.54, 1.807) is 0 Å². The molecule has 0 spiro atoms. The molecule has 1 aromatic carbocycles. The fraction of sp³-hybridized carbons (Fsp3) is 0.462. The minimum Gasteiger partial charge on any atom is -0.315 e. The molecule has 0 aromatic heterocycles. The highest BCUT2D eigenvalue weighted by Gasteiger charge is 2.44. The lowest BCUT2D eigenvalue weighted by Crippen LogP contribution is -2.48.